The van der Waals surface area contributed by atoms with Crippen molar-refractivity contribution in [2.45, 2.75) is 32.1 Å². The highest BCUT2D eigenvalue weighted by atomic mass is 28.3. The van der Waals surface area contributed by atoms with E-state index in [2.05, 4.69) is 86.4 Å². The van der Waals surface area contributed by atoms with E-state index in [1.807, 2.05) is 0 Å². The van der Waals surface area contributed by atoms with Crippen LogP contribution in [0.1, 0.15) is 6.92 Å². The minimum Gasteiger partial charge on any atom is -0.345 e. The van der Waals surface area contributed by atoms with Crippen molar-refractivity contribution in [1.29, 1.82) is 0 Å². The fourth-order valence-corrected chi connectivity index (χ4v) is 4.30. The summed E-state index contributed by atoms with van der Waals surface area (Å²) in [6.45, 7) is 9.58. The van der Waals surface area contributed by atoms with E-state index in [4.69, 9.17) is 0 Å². The molecule has 0 aromatic heterocycles. The zero-order chi connectivity index (χ0) is 13.7. The Morgan fingerprint density at radius 2 is 1.84 bits per heavy atom. The molecule has 0 amide bonds. The van der Waals surface area contributed by atoms with Crippen LogP contribution >= 0.6 is 0 Å². The minimum atomic E-state index is -1.24. The molecule has 3 rings (SSSR count). The van der Waals surface area contributed by atoms with E-state index < -0.39 is 8.07 Å². The largest absolute Gasteiger partial charge is 0.345 e. The Morgan fingerprint density at radius 3 is 2.58 bits per heavy atom. The third-order valence-electron chi connectivity index (χ3n) is 4.62. The van der Waals surface area contributed by atoms with Gasteiger partial charge in [-0.05, 0) is 12.1 Å². The zero-order valence-electron chi connectivity index (χ0n) is 12.3. The summed E-state index contributed by atoms with van der Waals surface area (Å²) in [5.41, 5.74) is 0.0871. The van der Waals surface area contributed by atoms with Crippen LogP contribution in [0.25, 0.3) is 0 Å². The quantitative estimate of drug-likeness (QED) is 0.643. The second kappa shape index (κ2) is 4.10. The van der Waals surface area contributed by atoms with E-state index in [1.165, 1.54) is 5.20 Å². The van der Waals surface area contributed by atoms with Gasteiger partial charge in [-0.25, -0.2) is 0 Å². The third kappa shape index (κ3) is 1.98. The Hall–Kier alpha value is -1.28. The van der Waals surface area contributed by atoms with E-state index in [1.54, 1.807) is 0 Å². The van der Waals surface area contributed by atoms with Crippen molar-refractivity contribution in [2.24, 2.45) is 11.8 Å². The topological polar surface area (TPSA) is 3.24 Å². The summed E-state index contributed by atoms with van der Waals surface area (Å²) >= 11 is 0. The van der Waals surface area contributed by atoms with Crippen LogP contribution in [0, 0.1) is 11.8 Å². The summed E-state index contributed by atoms with van der Waals surface area (Å²) in [6.07, 6.45) is 20.8. The van der Waals surface area contributed by atoms with Gasteiger partial charge in [0, 0.05) is 24.2 Å². The van der Waals surface area contributed by atoms with Crippen molar-refractivity contribution in [1.82, 2.24) is 4.90 Å². The number of hydrogen-bond acceptors (Lipinski definition) is 1. The van der Waals surface area contributed by atoms with Gasteiger partial charge in [0.15, 0.2) is 0 Å². The molecule has 0 aromatic rings. The van der Waals surface area contributed by atoms with Gasteiger partial charge in [-0.1, -0.05) is 62.2 Å². The van der Waals surface area contributed by atoms with E-state index in [9.17, 15) is 0 Å². The first-order valence-electron chi connectivity index (χ1n) is 7.14. The molecule has 0 fully saturated rings. The monoisotopic (exact) mass is 269 g/mol. The molecular formula is C17H23NSi. The molecule has 0 aromatic carbocycles. The molecule has 0 saturated heterocycles. The van der Waals surface area contributed by atoms with E-state index in [0.29, 0.717) is 11.8 Å². The molecule has 0 spiro atoms. The molecule has 0 N–H and O–H groups in total. The SMILES string of the molecule is CC12C=CC([Si](C)(C)C)=CN1C=CC1C=CC=CC12. The fraction of sp³-hybridized carbons (Fsp3) is 0.412. The first-order valence-corrected chi connectivity index (χ1v) is 10.6. The molecule has 2 heterocycles. The first kappa shape index (κ1) is 12.7. The van der Waals surface area contributed by atoms with Crippen molar-refractivity contribution >= 4 is 8.07 Å². The van der Waals surface area contributed by atoms with Crippen molar-refractivity contribution < 1.29 is 0 Å². The predicted molar refractivity (Wildman–Crippen MR) is 85.2 cm³/mol. The van der Waals surface area contributed by atoms with Crippen molar-refractivity contribution in [2.75, 3.05) is 0 Å². The summed E-state index contributed by atoms with van der Waals surface area (Å²) in [4.78, 5) is 2.42. The molecule has 2 heteroatoms. The zero-order valence-corrected chi connectivity index (χ0v) is 13.3. The van der Waals surface area contributed by atoms with Crippen LogP contribution in [0.5, 0.6) is 0 Å². The van der Waals surface area contributed by atoms with Gasteiger partial charge in [-0.3, -0.25) is 0 Å². The van der Waals surface area contributed by atoms with Crippen LogP contribution in [-0.2, 0) is 0 Å². The third-order valence-corrected chi connectivity index (χ3v) is 6.65. The van der Waals surface area contributed by atoms with Gasteiger partial charge in [-0.15, -0.1) is 0 Å². The van der Waals surface area contributed by atoms with Gasteiger partial charge in [0.25, 0.3) is 0 Å². The summed E-state index contributed by atoms with van der Waals surface area (Å²) in [5.74, 6) is 1.08. The smallest absolute Gasteiger partial charge is 0.0795 e. The molecule has 1 aliphatic carbocycles. The maximum absolute atomic E-state index is 2.42. The van der Waals surface area contributed by atoms with Crippen LogP contribution in [-0.4, -0.2) is 18.5 Å². The van der Waals surface area contributed by atoms with Gasteiger partial charge < -0.3 is 4.90 Å². The second-order valence-electron chi connectivity index (χ2n) is 7.02. The lowest BCUT2D eigenvalue weighted by molar-refractivity contribution is 0.180. The maximum Gasteiger partial charge on any atom is 0.0795 e. The average Bonchev–Trinajstić information content (AvgIpc) is 2.37. The Labute approximate surface area is 117 Å². The number of hydrogen-bond donors (Lipinski definition) is 0. The maximum atomic E-state index is 2.42. The molecule has 19 heavy (non-hydrogen) atoms. The molecule has 0 bridgehead atoms. The highest BCUT2D eigenvalue weighted by Crippen LogP contribution is 2.43. The molecule has 0 radical (unpaired) electrons. The normalized spacial score (nSPS) is 36.0. The Balaban J connectivity index is 2.01. The van der Waals surface area contributed by atoms with Crippen LogP contribution in [0.15, 0.2) is 60.1 Å². The lowest BCUT2D eigenvalue weighted by Crippen LogP contribution is -2.51. The molecule has 1 nitrogen and oxygen atoms in total. The van der Waals surface area contributed by atoms with Gasteiger partial charge in [-0.2, -0.15) is 0 Å². The number of fused-ring (bicyclic) bond motifs is 3. The number of allylic oxidation sites excluding steroid dienone is 6. The van der Waals surface area contributed by atoms with Crippen LogP contribution in [0.2, 0.25) is 19.6 Å². The van der Waals surface area contributed by atoms with Crippen molar-refractivity contribution in [3.63, 3.8) is 0 Å². The van der Waals surface area contributed by atoms with E-state index >= 15 is 0 Å². The predicted octanol–water partition coefficient (Wildman–Crippen LogP) is 4.26. The lowest BCUT2D eigenvalue weighted by Gasteiger charge is -2.49. The summed E-state index contributed by atoms with van der Waals surface area (Å²) < 4.78 is 0. The van der Waals surface area contributed by atoms with Gasteiger partial charge in [0.2, 0.25) is 0 Å². The Morgan fingerprint density at radius 1 is 1.11 bits per heavy atom. The summed E-state index contributed by atoms with van der Waals surface area (Å²) in [6, 6.07) is 0. The molecule has 3 unspecified atom stereocenters. The number of nitrogens with zero attached hydrogens (tertiary/aromatic N) is 1. The highest BCUT2D eigenvalue weighted by molar-refractivity contribution is 6.83. The molecule has 3 atom stereocenters. The van der Waals surface area contributed by atoms with Gasteiger partial charge in [0.1, 0.15) is 0 Å². The molecule has 3 aliphatic rings. The van der Waals surface area contributed by atoms with Crippen molar-refractivity contribution in [3.8, 4) is 0 Å². The van der Waals surface area contributed by atoms with Gasteiger partial charge >= 0.3 is 0 Å². The summed E-state index contributed by atoms with van der Waals surface area (Å²) in [7, 11) is -1.24. The standard InChI is InChI=1S/C17H23NSi/c1-17-11-9-15(19(2,3)4)13-18(17)12-10-14-7-5-6-8-16(14)17/h5-14,16H,1-4H3. The van der Waals surface area contributed by atoms with Crippen molar-refractivity contribution in [3.05, 3.63) is 60.1 Å². The molecule has 0 saturated carbocycles. The minimum absolute atomic E-state index is 0.0871. The lowest BCUT2D eigenvalue weighted by atomic mass is 9.71. The van der Waals surface area contributed by atoms with Gasteiger partial charge in [0.05, 0.1) is 13.6 Å². The molecule has 2 aliphatic heterocycles. The molecular weight excluding hydrogens is 246 g/mol. The first-order chi connectivity index (χ1) is 8.91. The average molecular weight is 269 g/mol. The fourth-order valence-electron chi connectivity index (χ4n) is 3.19. The van der Waals surface area contributed by atoms with Crippen LogP contribution < -0.4 is 0 Å². The summed E-state index contributed by atoms with van der Waals surface area (Å²) in [5, 5.41) is 1.53. The Kier molecular flexibility index (Phi) is 2.75. The highest BCUT2D eigenvalue weighted by Gasteiger charge is 2.42. The van der Waals surface area contributed by atoms with E-state index in [-0.39, 0.29) is 5.54 Å². The second-order valence-corrected chi connectivity index (χ2v) is 12.1. The van der Waals surface area contributed by atoms with Crippen LogP contribution in [0.3, 0.4) is 0 Å². The molecule has 100 valence electrons. The Bertz CT molecular complexity index is 530. The van der Waals surface area contributed by atoms with Crippen LogP contribution in [0.4, 0.5) is 0 Å². The number of rotatable bonds is 1. The van der Waals surface area contributed by atoms with E-state index in [0.717, 1.165) is 0 Å².